The van der Waals surface area contributed by atoms with Gasteiger partial charge in [0, 0.05) is 17.8 Å². The van der Waals surface area contributed by atoms with Gasteiger partial charge in [-0.1, -0.05) is 0 Å². The number of carbonyl (C=O) groups is 1. The van der Waals surface area contributed by atoms with Crippen molar-refractivity contribution in [1.29, 1.82) is 5.26 Å². The second kappa shape index (κ2) is 4.04. The van der Waals surface area contributed by atoms with Gasteiger partial charge >= 0.3 is 5.97 Å². The van der Waals surface area contributed by atoms with Crippen LogP contribution in [0, 0.1) is 11.3 Å². The van der Waals surface area contributed by atoms with E-state index in [1.54, 1.807) is 5.38 Å². The van der Waals surface area contributed by atoms with Crippen LogP contribution < -0.4 is 0 Å². The van der Waals surface area contributed by atoms with Crippen LogP contribution >= 0.6 is 11.5 Å². The first-order valence-corrected chi connectivity index (χ1v) is 4.96. The number of rotatable bonds is 2. The van der Waals surface area contributed by atoms with E-state index < -0.39 is 5.97 Å². The summed E-state index contributed by atoms with van der Waals surface area (Å²) in [6.45, 7) is 0. The Morgan fingerprint density at radius 3 is 2.69 bits per heavy atom. The summed E-state index contributed by atoms with van der Waals surface area (Å²) in [6, 6.07) is 1.88. The van der Waals surface area contributed by atoms with E-state index in [-0.39, 0.29) is 11.5 Å². The van der Waals surface area contributed by atoms with E-state index in [0.717, 1.165) is 11.5 Å². The van der Waals surface area contributed by atoms with Crippen molar-refractivity contribution in [2.24, 2.45) is 0 Å². The molecule has 6 nitrogen and oxygen atoms in total. The summed E-state index contributed by atoms with van der Waals surface area (Å²) >= 11 is 1.02. The number of aromatic carboxylic acids is 1. The Morgan fingerprint density at radius 2 is 2.12 bits per heavy atom. The van der Waals surface area contributed by atoms with Crippen LogP contribution in [0.1, 0.15) is 16.1 Å². The van der Waals surface area contributed by atoms with Gasteiger partial charge in [-0.15, -0.1) is 0 Å². The van der Waals surface area contributed by atoms with Crippen LogP contribution in [0.3, 0.4) is 0 Å². The van der Waals surface area contributed by atoms with Crippen molar-refractivity contribution in [1.82, 2.24) is 14.3 Å². The molecule has 0 aromatic carbocycles. The molecule has 0 saturated carbocycles. The molecule has 0 aliphatic carbocycles. The zero-order chi connectivity index (χ0) is 11.5. The Kier molecular flexibility index (Phi) is 2.57. The number of nitrogens with zero attached hydrogens (tertiary/aromatic N) is 4. The minimum Gasteiger partial charge on any atom is -0.476 e. The van der Waals surface area contributed by atoms with Crippen molar-refractivity contribution < 1.29 is 9.90 Å². The van der Waals surface area contributed by atoms with Crippen molar-refractivity contribution in [2.45, 2.75) is 0 Å². The molecule has 2 aromatic heterocycles. The molecular formula is C9H4N4O2S. The van der Waals surface area contributed by atoms with Crippen LogP contribution in [0.25, 0.3) is 11.4 Å². The maximum Gasteiger partial charge on any atom is 0.356 e. The van der Waals surface area contributed by atoms with Crippen LogP contribution in [-0.2, 0) is 0 Å². The molecule has 7 heteroatoms. The third kappa shape index (κ3) is 1.74. The van der Waals surface area contributed by atoms with Gasteiger partial charge in [0.25, 0.3) is 0 Å². The van der Waals surface area contributed by atoms with E-state index in [0.29, 0.717) is 11.1 Å². The Hall–Kier alpha value is -2.33. The molecular weight excluding hydrogens is 228 g/mol. The molecule has 1 N–H and O–H groups in total. The second-order valence-corrected chi connectivity index (χ2v) is 3.42. The van der Waals surface area contributed by atoms with E-state index in [1.165, 1.54) is 12.4 Å². The molecule has 0 spiro atoms. The lowest BCUT2D eigenvalue weighted by molar-refractivity contribution is 0.0692. The van der Waals surface area contributed by atoms with Crippen LogP contribution in [0.4, 0.5) is 0 Å². The summed E-state index contributed by atoms with van der Waals surface area (Å²) < 4.78 is 3.73. The standard InChI is InChI=1S/C9H4N4O2S/c10-1-5-2-11-8(12-3-5)6-4-16-13-7(6)9(14)15/h2-4H,(H,14,15). The summed E-state index contributed by atoms with van der Waals surface area (Å²) in [7, 11) is 0. The summed E-state index contributed by atoms with van der Waals surface area (Å²) in [5.74, 6) is -0.866. The number of nitriles is 1. The normalized spacial score (nSPS) is 9.69. The fraction of sp³-hybridized carbons (Fsp3) is 0. The lowest BCUT2D eigenvalue weighted by atomic mass is 10.2. The first kappa shape index (κ1) is 10.2. The van der Waals surface area contributed by atoms with Gasteiger partial charge in [-0.2, -0.15) is 9.64 Å². The van der Waals surface area contributed by atoms with Gasteiger partial charge in [-0.05, 0) is 11.5 Å². The minimum absolute atomic E-state index is 0.0743. The Balaban J connectivity index is 2.47. The molecule has 2 heterocycles. The maximum absolute atomic E-state index is 10.8. The summed E-state index contributed by atoms with van der Waals surface area (Å²) in [4.78, 5) is 18.6. The van der Waals surface area contributed by atoms with E-state index >= 15 is 0 Å². The van der Waals surface area contributed by atoms with Gasteiger partial charge in [0.15, 0.2) is 11.5 Å². The minimum atomic E-state index is -1.12. The topological polar surface area (TPSA) is 99.8 Å². The number of carboxylic acids is 1. The van der Waals surface area contributed by atoms with E-state index in [1.807, 2.05) is 6.07 Å². The van der Waals surface area contributed by atoms with Crippen molar-refractivity contribution >= 4 is 17.5 Å². The third-order valence-corrected chi connectivity index (χ3v) is 2.42. The third-order valence-electron chi connectivity index (χ3n) is 1.79. The SMILES string of the molecule is N#Cc1cnc(-c2csnc2C(=O)O)nc1. The first-order chi connectivity index (χ1) is 7.72. The quantitative estimate of drug-likeness (QED) is 0.834. The monoisotopic (exact) mass is 232 g/mol. The Morgan fingerprint density at radius 1 is 1.44 bits per heavy atom. The lowest BCUT2D eigenvalue weighted by Gasteiger charge is -1.96. The van der Waals surface area contributed by atoms with Gasteiger partial charge in [-0.25, -0.2) is 14.8 Å². The molecule has 0 saturated heterocycles. The van der Waals surface area contributed by atoms with Gasteiger partial charge in [-0.3, -0.25) is 0 Å². The van der Waals surface area contributed by atoms with Gasteiger partial charge < -0.3 is 5.11 Å². The predicted molar refractivity (Wildman–Crippen MR) is 54.8 cm³/mol. The van der Waals surface area contributed by atoms with Crippen molar-refractivity contribution in [3.63, 3.8) is 0 Å². The highest BCUT2D eigenvalue weighted by Gasteiger charge is 2.16. The van der Waals surface area contributed by atoms with Crippen molar-refractivity contribution in [2.75, 3.05) is 0 Å². The molecule has 0 aliphatic rings. The molecule has 78 valence electrons. The highest BCUT2D eigenvalue weighted by Crippen LogP contribution is 2.21. The molecule has 0 bridgehead atoms. The summed E-state index contributed by atoms with van der Waals surface area (Å²) in [5, 5.41) is 19.0. The zero-order valence-electron chi connectivity index (χ0n) is 7.78. The van der Waals surface area contributed by atoms with E-state index in [9.17, 15) is 4.79 Å². The fourth-order valence-corrected chi connectivity index (χ4v) is 1.73. The second-order valence-electron chi connectivity index (χ2n) is 2.79. The Bertz CT molecular complexity index is 570. The van der Waals surface area contributed by atoms with Crippen LogP contribution in [0.5, 0.6) is 0 Å². The molecule has 2 rings (SSSR count). The largest absolute Gasteiger partial charge is 0.476 e. The fourth-order valence-electron chi connectivity index (χ4n) is 1.07. The average Bonchev–Trinajstić information content (AvgIpc) is 2.78. The van der Waals surface area contributed by atoms with Crippen LogP contribution in [0.2, 0.25) is 0 Å². The van der Waals surface area contributed by atoms with Crippen molar-refractivity contribution in [3.8, 4) is 17.5 Å². The number of hydrogen-bond acceptors (Lipinski definition) is 6. The number of hydrogen-bond donors (Lipinski definition) is 1. The molecule has 0 radical (unpaired) electrons. The van der Waals surface area contributed by atoms with Gasteiger partial charge in [0.2, 0.25) is 0 Å². The highest BCUT2D eigenvalue weighted by atomic mass is 32.1. The van der Waals surface area contributed by atoms with Crippen LogP contribution in [-0.4, -0.2) is 25.4 Å². The summed E-state index contributed by atoms with van der Waals surface area (Å²) in [6.07, 6.45) is 2.68. The van der Waals surface area contributed by atoms with E-state index in [4.69, 9.17) is 10.4 Å². The van der Waals surface area contributed by atoms with E-state index in [2.05, 4.69) is 14.3 Å². The predicted octanol–water partition coefficient (Wildman–Crippen LogP) is 1.17. The Labute approximate surface area is 94.0 Å². The lowest BCUT2D eigenvalue weighted by Crippen LogP contribution is -2.00. The average molecular weight is 232 g/mol. The van der Waals surface area contributed by atoms with Crippen LogP contribution in [0.15, 0.2) is 17.8 Å². The molecule has 0 fully saturated rings. The molecule has 0 aliphatic heterocycles. The maximum atomic E-state index is 10.8. The van der Waals surface area contributed by atoms with Gasteiger partial charge in [0.05, 0.1) is 11.1 Å². The summed E-state index contributed by atoms with van der Waals surface area (Å²) in [5.41, 5.74) is 0.612. The molecule has 16 heavy (non-hydrogen) atoms. The molecule has 0 amide bonds. The molecule has 2 aromatic rings. The zero-order valence-corrected chi connectivity index (χ0v) is 8.60. The van der Waals surface area contributed by atoms with Gasteiger partial charge in [0.1, 0.15) is 6.07 Å². The first-order valence-electron chi connectivity index (χ1n) is 4.12. The number of aromatic nitrogens is 3. The highest BCUT2D eigenvalue weighted by molar-refractivity contribution is 7.04. The van der Waals surface area contributed by atoms with Crippen molar-refractivity contribution in [3.05, 3.63) is 29.0 Å². The molecule has 0 unspecified atom stereocenters. The number of carboxylic acid groups (broad SMARTS) is 1. The smallest absolute Gasteiger partial charge is 0.356 e. The molecule has 0 atom stereocenters.